The van der Waals surface area contributed by atoms with Gasteiger partial charge in [-0.15, -0.1) is 0 Å². The second kappa shape index (κ2) is 5.88. The minimum absolute atomic E-state index is 0.121. The minimum atomic E-state index is -3.56. The van der Waals surface area contributed by atoms with Crippen molar-refractivity contribution in [1.82, 2.24) is 4.72 Å². The van der Waals surface area contributed by atoms with E-state index >= 15 is 0 Å². The van der Waals surface area contributed by atoms with Gasteiger partial charge in [0, 0.05) is 18.1 Å². The van der Waals surface area contributed by atoms with Crippen molar-refractivity contribution in [2.75, 3.05) is 6.54 Å². The highest BCUT2D eigenvalue weighted by Crippen LogP contribution is 2.51. The van der Waals surface area contributed by atoms with Gasteiger partial charge in [-0.05, 0) is 54.4 Å². The maximum absolute atomic E-state index is 12.6. The van der Waals surface area contributed by atoms with Crippen LogP contribution in [0.5, 0.6) is 0 Å². The van der Waals surface area contributed by atoms with Crippen LogP contribution in [-0.2, 0) is 16.6 Å². The predicted molar refractivity (Wildman–Crippen MR) is 85.8 cm³/mol. The first kappa shape index (κ1) is 16.7. The molecule has 4 nitrogen and oxygen atoms in total. The van der Waals surface area contributed by atoms with Gasteiger partial charge in [-0.3, -0.25) is 0 Å². The van der Waals surface area contributed by atoms with E-state index in [-0.39, 0.29) is 16.9 Å². The first-order valence-corrected chi connectivity index (χ1v) is 9.07. The zero-order chi connectivity index (χ0) is 15.8. The van der Waals surface area contributed by atoms with Gasteiger partial charge in [-0.25, -0.2) is 13.1 Å². The fourth-order valence-electron chi connectivity index (χ4n) is 2.63. The summed E-state index contributed by atoms with van der Waals surface area (Å²) >= 11 is 6.01. The lowest BCUT2D eigenvalue weighted by molar-refractivity contribution is 0.357. The van der Waals surface area contributed by atoms with Gasteiger partial charge in [0.05, 0.1) is 4.90 Å². The number of benzene rings is 1. The fourth-order valence-corrected chi connectivity index (χ4v) is 4.39. The van der Waals surface area contributed by atoms with Crippen LogP contribution in [0.15, 0.2) is 17.0 Å². The van der Waals surface area contributed by atoms with Crippen LogP contribution >= 0.6 is 11.6 Å². The van der Waals surface area contributed by atoms with Crippen LogP contribution in [0.3, 0.4) is 0 Å². The first-order valence-electron chi connectivity index (χ1n) is 7.20. The van der Waals surface area contributed by atoms with Gasteiger partial charge in [0.15, 0.2) is 0 Å². The zero-order valence-corrected chi connectivity index (χ0v) is 14.3. The Hall–Kier alpha value is -0.620. The van der Waals surface area contributed by atoms with Crippen molar-refractivity contribution in [3.8, 4) is 0 Å². The van der Waals surface area contributed by atoms with Crippen molar-refractivity contribution in [3.05, 3.63) is 28.3 Å². The molecule has 0 heterocycles. The predicted octanol–water partition coefficient (Wildman–Crippen LogP) is 2.82. The largest absolute Gasteiger partial charge is 0.326 e. The van der Waals surface area contributed by atoms with Gasteiger partial charge in [0.25, 0.3) is 0 Å². The Morgan fingerprint density at radius 2 is 2.00 bits per heavy atom. The Kier molecular flexibility index (Phi) is 4.69. The molecule has 1 aromatic carbocycles. The van der Waals surface area contributed by atoms with Gasteiger partial charge in [0.1, 0.15) is 0 Å². The highest BCUT2D eigenvalue weighted by molar-refractivity contribution is 7.89. The molecule has 0 aliphatic heterocycles. The number of hydrogen-bond acceptors (Lipinski definition) is 3. The summed E-state index contributed by atoms with van der Waals surface area (Å²) in [6.45, 7) is 6.79. The summed E-state index contributed by atoms with van der Waals surface area (Å²) in [7, 11) is -3.56. The molecule has 118 valence electrons. The van der Waals surface area contributed by atoms with Crippen molar-refractivity contribution in [1.29, 1.82) is 0 Å². The van der Waals surface area contributed by atoms with E-state index in [1.54, 1.807) is 13.0 Å². The summed E-state index contributed by atoms with van der Waals surface area (Å²) in [4.78, 5) is 0.231. The maximum Gasteiger partial charge on any atom is 0.240 e. The molecule has 0 radical (unpaired) electrons. The molecule has 0 spiro atoms. The summed E-state index contributed by atoms with van der Waals surface area (Å²) in [5.41, 5.74) is 7.20. The summed E-state index contributed by atoms with van der Waals surface area (Å²) in [6, 6.07) is 3.21. The summed E-state index contributed by atoms with van der Waals surface area (Å²) in [6.07, 6.45) is 2.16. The first-order chi connectivity index (χ1) is 9.72. The SMILES string of the molecule is Cc1c(CN)cc(Cl)cc1S(=O)(=O)NCC1(C(C)C)CC1. The zero-order valence-electron chi connectivity index (χ0n) is 12.7. The van der Waals surface area contributed by atoms with Crippen LogP contribution < -0.4 is 10.5 Å². The van der Waals surface area contributed by atoms with Crippen molar-refractivity contribution < 1.29 is 8.42 Å². The lowest BCUT2D eigenvalue weighted by Crippen LogP contribution is -2.33. The average molecular weight is 331 g/mol. The standard InChI is InChI=1S/C15H23ClN2O2S/c1-10(2)15(4-5-15)9-18-21(19,20)14-7-13(16)6-12(8-17)11(14)3/h6-7,10,18H,4-5,8-9,17H2,1-3H3. The van der Waals surface area contributed by atoms with Crippen LogP contribution in [0.25, 0.3) is 0 Å². The van der Waals surface area contributed by atoms with Crippen molar-refractivity contribution in [2.24, 2.45) is 17.1 Å². The van der Waals surface area contributed by atoms with E-state index in [9.17, 15) is 8.42 Å². The molecular formula is C15H23ClN2O2S. The highest BCUT2D eigenvalue weighted by atomic mass is 35.5. The molecule has 0 bridgehead atoms. The normalized spacial score (nSPS) is 17.2. The second-order valence-electron chi connectivity index (χ2n) is 6.23. The molecule has 1 aliphatic rings. The summed E-state index contributed by atoms with van der Waals surface area (Å²) < 4.78 is 27.9. The van der Waals surface area contributed by atoms with E-state index in [2.05, 4.69) is 18.6 Å². The molecule has 21 heavy (non-hydrogen) atoms. The van der Waals surface area contributed by atoms with Crippen LogP contribution in [0.1, 0.15) is 37.8 Å². The molecule has 2 rings (SSSR count). The minimum Gasteiger partial charge on any atom is -0.326 e. The smallest absolute Gasteiger partial charge is 0.240 e. The quantitative estimate of drug-likeness (QED) is 0.842. The summed E-state index contributed by atoms with van der Waals surface area (Å²) in [5.74, 6) is 0.472. The third-order valence-electron chi connectivity index (χ3n) is 4.67. The molecule has 1 fully saturated rings. The monoisotopic (exact) mass is 330 g/mol. The van der Waals surface area contributed by atoms with Gasteiger partial charge < -0.3 is 5.73 Å². The van der Waals surface area contributed by atoms with E-state index in [1.807, 2.05) is 0 Å². The van der Waals surface area contributed by atoms with E-state index in [0.717, 1.165) is 18.4 Å². The van der Waals surface area contributed by atoms with E-state index in [1.165, 1.54) is 6.07 Å². The summed E-state index contributed by atoms with van der Waals surface area (Å²) in [5, 5.41) is 0.395. The Balaban J connectivity index is 2.26. The molecule has 1 aliphatic carbocycles. The van der Waals surface area contributed by atoms with Crippen molar-refractivity contribution in [2.45, 2.75) is 45.1 Å². The topological polar surface area (TPSA) is 72.2 Å². The Morgan fingerprint density at radius 1 is 1.38 bits per heavy atom. The van der Waals surface area contributed by atoms with Crippen LogP contribution in [0.4, 0.5) is 0 Å². The Labute approximate surface area is 132 Å². The fraction of sp³-hybridized carbons (Fsp3) is 0.600. The second-order valence-corrected chi connectivity index (χ2v) is 8.41. The molecule has 1 aromatic rings. The molecule has 0 amide bonds. The lowest BCUT2D eigenvalue weighted by Gasteiger charge is -2.21. The molecule has 1 saturated carbocycles. The van der Waals surface area contributed by atoms with E-state index < -0.39 is 10.0 Å². The van der Waals surface area contributed by atoms with E-state index in [0.29, 0.717) is 23.0 Å². The molecule has 0 aromatic heterocycles. The molecule has 0 unspecified atom stereocenters. The van der Waals surface area contributed by atoms with Crippen molar-refractivity contribution >= 4 is 21.6 Å². The van der Waals surface area contributed by atoms with Gasteiger partial charge in [-0.1, -0.05) is 25.4 Å². The molecule has 0 saturated heterocycles. The number of nitrogens with one attached hydrogen (secondary N) is 1. The number of sulfonamides is 1. The van der Waals surface area contributed by atoms with Gasteiger partial charge >= 0.3 is 0 Å². The van der Waals surface area contributed by atoms with E-state index in [4.69, 9.17) is 17.3 Å². The number of hydrogen-bond donors (Lipinski definition) is 2. The maximum atomic E-state index is 12.6. The molecular weight excluding hydrogens is 308 g/mol. The molecule has 0 atom stereocenters. The third-order valence-corrected chi connectivity index (χ3v) is 6.42. The Bertz CT molecular complexity index is 637. The van der Waals surface area contributed by atoms with Crippen LogP contribution in [0.2, 0.25) is 5.02 Å². The van der Waals surface area contributed by atoms with Gasteiger partial charge in [0.2, 0.25) is 10.0 Å². The average Bonchev–Trinajstić information content (AvgIpc) is 3.20. The number of nitrogens with two attached hydrogens (primary N) is 1. The van der Waals surface area contributed by atoms with Crippen LogP contribution in [-0.4, -0.2) is 15.0 Å². The third kappa shape index (κ3) is 3.42. The van der Waals surface area contributed by atoms with Gasteiger partial charge in [-0.2, -0.15) is 0 Å². The highest BCUT2D eigenvalue weighted by Gasteiger charge is 2.45. The molecule has 6 heteroatoms. The lowest BCUT2D eigenvalue weighted by atomic mass is 9.93. The van der Waals surface area contributed by atoms with Crippen molar-refractivity contribution in [3.63, 3.8) is 0 Å². The number of rotatable bonds is 6. The Morgan fingerprint density at radius 3 is 2.48 bits per heavy atom. The molecule has 3 N–H and O–H groups in total. The number of halogens is 1. The van der Waals surface area contributed by atoms with Crippen LogP contribution in [0, 0.1) is 18.3 Å².